The minimum Gasteiger partial charge on any atom is -0.360 e. The second-order valence-corrected chi connectivity index (χ2v) is 9.46. The molecule has 8 heteroatoms. The Labute approximate surface area is 155 Å². The summed E-state index contributed by atoms with van der Waals surface area (Å²) in [5.74, 6) is 0.891. The smallest absolute Gasteiger partial charge is 0.248 e. The average molecular weight is 384 g/mol. The fraction of sp³-hybridized carbons (Fsp3) is 0.778. The monoisotopic (exact) mass is 383 g/mol. The molecule has 1 amide bonds. The minimum atomic E-state index is -3.61. The van der Waals surface area contributed by atoms with Crippen molar-refractivity contribution < 1.29 is 17.7 Å². The summed E-state index contributed by atoms with van der Waals surface area (Å²) < 4.78 is 32.1. The van der Waals surface area contributed by atoms with Crippen LogP contribution in [0.2, 0.25) is 0 Å². The molecule has 2 heterocycles. The molecule has 1 saturated heterocycles. The number of rotatable bonds is 5. The van der Waals surface area contributed by atoms with Crippen molar-refractivity contribution in [2.45, 2.75) is 63.7 Å². The summed E-state index contributed by atoms with van der Waals surface area (Å²) in [4.78, 5) is 12.6. The summed E-state index contributed by atoms with van der Waals surface area (Å²) in [7, 11) is -3.61. The zero-order valence-corrected chi connectivity index (χ0v) is 16.5. The van der Waals surface area contributed by atoms with Gasteiger partial charge in [0.1, 0.15) is 10.6 Å². The summed E-state index contributed by atoms with van der Waals surface area (Å²) in [6.45, 7) is 4.71. The molecule has 1 aromatic heterocycles. The fourth-order valence-electron chi connectivity index (χ4n) is 4.11. The van der Waals surface area contributed by atoms with E-state index >= 15 is 0 Å². The first kappa shape index (κ1) is 19.4. The molecule has 1 aromatic rings. The van der Waals surface area contributed by atoms with Gasteiger partial charge in [-0.1, -0.05) is 24.4 Å². The molecule has 146 valence electrons. The molecule has 0 spiro atoms. The van der Waals surface area contributed by atoms with Gasteiger partial charge in [-0.25, -0.2) is 8.42 Å². The van der Waals surface area contributed by atoms with Gasteiger partial charge in [-0.15, -0.1) is 0 Å². The molecule has 0 aromatic carbocycles. The number of nitrogens with one attached hydrogen (secondary N) is 1. The molecule has 1 aliphatic heterocycles. The van der Waals surface area contributed by atoms with Crippen LogP contribution in [0.25, 0.3) is 0 Å². The van der Waals surface area contributed by atoms with Gasteiger partial charge in [-0.3, -0.25) is 4.79 Å². The van der Waals surface area contributed by atoms with E-state index in [9.17, 15) is 13.2 Å². The first-order chi connectivity index (χ1) is 12.4. The lowest BCUT2D eigenvalue weighted by Crippen LogP contribution is -2.44. The van der Waals surface area contributed by atoms with E-state index in [1.54, 1.807) is 13.8 Å². The predicted molar refractivity (Wildman–Crippen MR) is 97.0 cm³/mol. The Kier molecular flexibility index (Phi) is 6.02. The van der Waals surface area contributed by atoms with Crippen LogP contribution in [0, 0.1) is 25.7 Å². The third-order valence-corrected chi connectivity index (χ3v) is 7.82. The molecule has 1 saturated carbocycles. The van der Waals surface area contributed by atoms with Crippen LogP contribution in [-0.2, 0) is 14.8 Å². The largest absolute Gasteiger partial charge is 0.360 e. The lowest BCUT2D eigenvalue weighted by Gasteiger charge is -2.31. The van der Waals surface area contributed by atoms with Crippen molar-refractivity contribution in [1.29, 1.82) is 0 Å². The van der Waals surface area contributed by atoms with Crippen LogP contribution >= 0.6 is 0 Å². The van der Waals surface area contributed by atoms with Crippen LogP contribution in [0.15, 0.2) is 9.42 Å². The van der Waals surface area contributed by atoms with Crippen molar-refractivity contribution in [2.24, 2.45) is 11.8 Å². The van der Waals surface area contributed by atoms with Gasteiger partial charge in [0, 0.05) is 25.6 Å². The van der Waals surface area contributed by atoms with Crippen molar-refractivity contribution in [3.63, 3.8) is 0 Å². The fourth-order valence-corrected chi connectivity index (χ4v) is 5.87. The van der Waals surface area contributed by atoms with Gasteiger partial charge in [0.05, 0.1) is 0 Å². The number of aryl methyl sites for hydroxylation is 2. The highest BCUT2D eigenvalue weighted by Crippen LogP contribution is 2.28. The maximum absolute atomic E-state index is 12.8. The maximum atomic E-state index is 12.8. The number of nitrogens with zero attached hydrogens (tertiary/aromatic N) is 2. The Morgan fingerprint density at radius 2 is 1.81 bits per heavy atom. The number of carbonyl (C=O) groups excluding carboxylic acids is 1. The Hall–Kier alpha value is -1.41. The quantitative estimate of drug-likeness (QED) is 0.843. The highest BCUT2D eigenvalue weighted by Gasteiger charge is 2.35. The normalized spacial score (nSPS) is 21.0. The highest BCUT2D eigenvalue weighted by atomic mass is 32.2. The molecule has 3 rings (SSSR count). The molecular formula is C18H29N3O4S. The van der Waals surface area contributed by atoms with Crippen LogP contribution in [0.1, 0.15) is 56.4 Å². The molecule has 2 fully saturated rings. The zero-order chi connectivity index (χ0) is 18.7. The zero-order valence-electron chi connectivity index (χ0n) is 15.7. The van der Waals surface area contributed by atoms with E-state index in [0.717, 1.165) is 6.54 Å². The summed E-state index contributed by atoms with van der Waals surface area (Å²) in [5.41, 5.74) is 0.384. The van der Waals surface area contributed by atoms with Gasteiger partial charge in [-0.2, -0.15) is 4.31 Å². The first-order valence-corrected chi connectivity index (χ1v) is 11.0. The third-order valence-electron chi connectivity index (χ3n) is 5.68. The Balaban J connectivity index is 1.53. The number of hydrogen-bond donors (Lipinski definition) is 1. The van der Waals surface area contributed by atoms with Crippen LogP contribution in [-0.4, -0.2) is 43.4 Å². The van der Waals surface area contributed by atoms with Gasteiger partial charge < -0.3 is 9.84 Å². The van der Waals surface area contributed by atoms with E-state index in [4.69, 9.17) is 4.52 Å². The van der Waals surface area contributed by atoms with Crippen molar-refractivity contribution in [2.75, 3.05) is 19.6 Å². The molecule has 1 aliphatic carbocycles. The molecule has 1 N–H and O–H groups in total. The second kappa shape index (κ2) is 8.08. The summed E-state index contributed by atoms with van der Waals surface area (Å²) in [6, 6.07) is 0. The van der Waals surface area contributed by atoms with Crippen molar-refractivity contribution in [3.8, 4) is 0 Å². The number of piperidine rings is 1. The number of hydrogen-bond acceptors (Lipinski definition) is 5. The second-order valence-electron chi connectivity index (χ2n) is 7.58. The molecule has 7 nitrogen and oxygen atoms in total. The van der Waals surface area contributed by atoms with E-state index in [1.165, 1.54) is 36.4 Å². The molecule has 26 heavy (non-hydrogen) atoms. The van der Waals surface area contributed by atoms with E-state index < -0.39 is 10.0 Å². The van der Waals surface area contributed by atoms with Crippen molar-refractivity contribution >= 4 is 15.9 Å². The summed E-state index contributed by atoms with van der Waals surface area (Å²) in [5, 5.41) is 6.83. The topological polar surface area (TPSA) is 92.5 Å². The van der Waals surface area contributed by atoms with Crippen molar-refractivity contribution in [1.82, 2.24) is 14.8 Å². The first-order valence-electron chi connectivity index (χ1n) is 9.60. The lowest BCUT2D eigenvalue weighted by atomic mass is 9.89. The third kappa shape index (κ3) is 4.11. The van der Waals surface area contributed by atoms with E-state index in [1.807, 2.05) is 0 Å². The number of carbonyl (C=O) groups is 1. The standard InChI is InChI=1S/C18H29N3O4S/c1-13-17(14(2)25-20-13)26(23,24)21-10-8-16(9-11-21)18(22)19-12-15-6-4-3-5-7-15/h15-16H,3-12H2,1-2H3,(H,19,22). The molecule has 0 radical (unpaired) electrons. The number of aromatic nitrogens is 1. The van der Waals surface area contributed by atoms with Crippen LogP contribution in [0.3, 0.4) is 0 Å². The van der Waals surface area contributed by atoms with Gasteiger partial charge in [-0.05, 0) is 45.4 Å². The molecular weight excluding hydrogens is 354 g/mol. The molecule has 0 atom stereocenters. The van der Waals surface area contributed by atoms with Crippen LogP contribution in [0.4, 0.5) is 0 Å². The van der Waals surface area contributed by atoms with Gasteiger partial charge >= 0.3 is 0 Å². The van der Waals surface area contributed by atoms with Gasteiger partial charge in [0.25, 0.3) is 0 Å². The van der Waals surface area contributed by atoms with Crippen LogP contribution < -0.4 is 5.32 Å². The number of amides is 1. The lowest BCUT2D eigenvalue weighted by molar-refractivity contribution is -0.126. The summed E-state index contributed by atoms with van der Waals surface area (Å²) >= 11 is 0. The van der Waals surface area contributed by atoms with Gasteiger partial charge in [0.2, 0.25) is 15.9 Å². The number of sulfonamides is 1. The predicted octanol–water partition coefficient (Wildman–Crippen LogP) is 2.39. The Bertz CT molecular complexity index is 710. The Morgan fingerprint density at radius 3 is 2.38 bits per heavy atom. The van der Waals surface area contributed by atoms with Gasteiger partial charge in [0.15, 0.2) is 5.76 Å². The molecule has 2 aliphatic rings. The van der Waals surface area contributed by atoms with E-state index in [2.05, 4.69) is 10.5 Å². The highest BCUT2D eigenvalue weighted by molar-refractivity contribution is 7.89. The van der Waals surface area contributed by atoms with Crippen molar-refractivity contribution in [3.05, 3.63) is 11.5 Å². The Morgan fingerprint density at radius 1 is 1.15 bits per heavy atom. The summed E-state index contributed by atoms with van der Waals surface area (Å²) in [6.07, 6.45) is 7.35. The average Bonchev–Trinajstić information content (AvgIpc) is 2.99. The molecule has 0 unspecified atom stereocenters. The minimum absolute atomic E-state index is 0.0740. The molecule has 0 bridgehead atoms. The van der Waals surface area contributed by atoms with E-state index in [-0.39, 0.29) is 16.7 Å². The maximum Gasteiger partial charge on any atom is 0.248 e. The van der Waals surface area contributed by atoms with E-state index in [0.29, 0.717) is 43.3 Å². The SMILES string of the molecule is Cc1noc(C)c1S(=O)(=O)N1CCC(C(=O)NCC2CCCCC2)CC1. The van der Waals surface area contributed by atoms with Crippen LogP contribution in [0.5, 0.6) is 0 Å².